The van der Waals surface area contributed by atoms with Crippen molar-refractivity contribution in [3.05, 3.63) is 65.2 Å². The van der Waals surface area contributed by atoms with Crippen LogP contribution in [-0.4, -0.2) is 0 Å². The molecule has 2 rings (SSSR count). The first-order chi connectivity index (χ1) is 9.86. The van der Waals surface area contributed by atoms with Gasteiger partial charge < -0.3 is 4.74 Å². The quantitative estimate of drug-likeness (QED) is 0.696. The van der Waals surface area contributed by atoms with Crippen LogP contribution in [-0.2, 0) is 6.61 Å². The maximum atomic E-state index is 5.94. The smallest absolute Gasteiger partial charge is 0.120 e. The molecular weight excluding hydrogens is 256 g/mol. The molecule has 1 atom stereocenters. The molecule has 1 nitrogen and oxygen atoms in total. The first kappa shape index (κ1) is 15.6. The molecule has 0 aromatic heterocycles. The van der Waals surface area contributed by atoms with E-state index in [9.17, 15) is 0 Å². The summed E-state index contributed by atoms with van der Waals surface area (Å²) in [6, 6.07) is 17.0. The van der Waals surface area contributed by atoms with Crippen molar-refractivity contribution in [1.82, 2.24) is 0 Å². The Morgan fingerprint density at radius 3 is 2.29 bits per heavy atom. The summed E-state index contributed by atoms with van der Waals surface area (Å²) in [4.78, 5) is 0. The van der Waals surface area contributed by atoms with Crippen LogP contribution in [0.3, 0.4) is 0 Å². The molecule has 0 radical (unpaired) electrons. The van der Waals surface area contributed by atoms with E-state index >= 15 is 0 Å². The summed E-state index contributed by atoms with van der Waals surface area (Å²) >= 11 is 0. The fraction of sp³-hybridized carbons (Fsp3) is 0.400. The average molecular weight is 282 g/mol. The Kier molecular flexibility index (Phi) is 4.72. The molecular formula is C20H26O. The van der Waals surface area contributed by atoms with Crippen LogP contribution in [0.5, 0.6) is 5.75 Å². The van der Waals surface area contributed by atoms with E-state index in [4.69, 9.17) is 4.74 Å². The highest BCUT2D eigenvalue weighted by atomic mass is 16.5. The zero-order chi connectivity index (χ0) is 15.5. The molecule has 0 bridgehead atoms. The number of hydrogen-bond acceptors (Lipinski definition) is 1. The zero-order valence-electron chi connectivity index (χ0n) is 13.8. The second kappa shape index (κ2) is 6.34. The third-order valence-electron chi connectivity index (χ3n) is 4.18. The van der Waals surface area contributed by atoms with Crippen LogP contribution in [0.1, 0.15) is 50.3 Å². The second-order valence-electron chi connectivity index (χ2n) is 6.93. The Labute approximate surface area is 129 Å². The Morgan fingerprint density at radius 2 is 1.67 bits per heavy atom. The van der Waals surface area contributed by atoms with Crippen molar-refractivity contribution >= 4 is 0 Å². The van der Waals surface area contributed by atoms with Crippen molar-refractivity contribution in [2.24, 2.45) is 5.41 Å². The molecule has 1 unspecified atom stereocenters. The zero-order valence-corrected chi connectivity index (χ0v) is 13.8. The van der Waals surface area contributed by atoms with Crippen LogP contribution in [0.4, 0.5) is 0 Å². The van der Waals surface area contributed by atoms with Gasteiger partial charge in [0, 0.05) is 0 Å². The van der Waals surface area contributed by atoms with Crippen molar-refractivity contribution in [2.45, 2.75) is 47.1 Å². The van der Waals surface area contributed by atoms with Gasteiger partial charge in [-0.2, -0.15) is 0 Å². The van der Waals surface area contributed by atoms with Gasteiger partial charge in [-0.3, -0.25) is 0 Å². The van der Waals surface area contributed by atoms with E-state index in [1.807, 2.05) is 6.07 Å². The maximum Gasteiger partial charge on any atom is 0.120 e. The first-order valence-electron chi connectivity index (χ1n) is 7.64. The molecule has 21 heavy (non-hydrogen) atoms. The minimum atomic E-state index is 0.260. The molecule has 0 saturated heterocycles. The predicted molar refractivity (Wildman–Crippen MR) is 89.8 cm³/mol. The van der Waals surface area contributed by atoms with E-state index < -0.39 is 0 Å². The number of rotatable bonds is 4. The van der Waals surface area contributed by atoms with Crippen LogP contribution in [0.15, 0.2) is 48.5 Å². The Balaban J connectivity index is 2.06. The van der Waals surface area contributed by atoms with E-state index in [2.05, 4.69) is 77.1 Å². The van der Waals surface area contributed by atoms with Crippen molar-refractivity contribution in [3.63, 3.8) is 0 Å². The Bertz CT molecular complexity index is 576. The minimum absolute atomic E-state index is 0.260. The molecule has 112 valence electrons. The standard InChI is InChI=1S/C20H26O/c1-15-9-11-17(12-10-15)14-21-19-8-6-7-18(13-19)16(2)20(3,4)5/h6-13,16H,14H2,1-5H3. The van der Waals surface area contributed by atoms with E-state index in [0.29, 0.717) is 12.5 Å². The number of hydrogen-bond donors (Lipinski definition) is 0. The summed E-state index contributed by atoms with van der Waals surface area (Å²) in [5, 5.41) is 0. The molecule has 0 spiro atoms. The van der Waals surface area contributed by atoms with Crippen LogP contribution in [0, 0.1) is 12.3 Å². The summed E-state index contributed by atoms with van der Waals surface area (Å²) < 4.78 is 5.94. The van der Waals surface area contributed by atoms with Gasteiger partial charge in [0.1, 0.15) is 12.4 Å². The lowest BCUT2D eigenvalue weighted by molar-refractivity contribution is 0.303. The second-order valence-corrected chi connectivity index (χ2v) is 6.93. The van der Waals surface area contributed by atoms with Crippen LogP contribution in [0.25, 0.3) is 0 Å². The molecule has 2 aromatic carbocycles. The summed E-state index contributed by atoms with van der Waals surface area (Å²) in [6.45, 7) is 11.8. The van der Waals surface area contributed by atoms with Gasteiger partial charge in [-0.05, 0) is 41.5 Å². The number of aryl methyl sites for hydroxylation is 1. The molecule has 0 saturated carbocycles. The molecule has 0 heterocycles. The molecule has 0 amide bonds. The lowest BCUT2D eigenvalue weighted by atomic mass is 9.78. The monoisotopic (exact) mass is 282 g/mol. The van der Waals surface area contributed by atoms with E-state index in [1.165, 1.54) is 16.7 Å². The fourth-order valence-electron chi connectivity index (χ4n) is 2.22. The molecule has 0 aliphatic carbocycles. The molecule has 0 fully saturated rings. The van der Waals surface area contributed by atoms with Gasteiger partial charge in [-0.25, -0.2) is 0 Å². The summed E-state index contributed by atoms with van der Waals surface area (Å²) in [5.41, 5.74) is 4.08. The molecule has 1 heteroatoms. The normalized spacial score (nSPS) is 13.0. The molecule has 0 N–H and O–H groups in total. The van der Waals surface area contributed by atoms with Crippen LogP contribution >= 0.6 is 0 Å². The van der Waals surface area contributed by atoms with E-state index in [0.717, 1.165) is 5.75 Å². The summed E-state index contributed by atoms with van der Waals surface area (Å²) in [5.74, 6) is 1.45. The highest BCUT2D eigenvalue weighted by molar-refractivity contribution is 5.32. The van der Waals surface area contributed by atoms with Crippen molar-refractivity contribution in [1.29, 1.82) is 0 Å². The van der Waals surface area contributed by atoms with Crippen LogP contribution in [0.2, 0.25) is 0 Å². The maximum absolute atomic E-state index is 5.94. The van der Waals surface area contributed by atoms with Crippen LogP contribution < -0.4 is 4.74 Å². The van der Waals surface area contributed by atoms with Gasteiger partial charge in [-0.15, -0.1) is 0 Å². The van der Waals surface area contributed by atoms with Gasteiger partial charge in [0.25, 0.3) is 0 Å². The minimum Gasteiger partial charge on any atom is -0.489 e. The Hall–Kier alpha value is -1.76. The molecule has 2 aromatic rings. The van der Waals surface area contributed by atoms with Crippen molar-refractivity contribution in [3.8, 4) is 5.75 Å². The topological polar surface area (TPSA) is 9.23 Å². The third kappa shape index (κ3) is 4.35. The summed E-state index contributed by atoms with van der Waals surface area (Å²) in [7, 11) is 0. The highest BCUT2D eigenvalue weighted by Gasteiger charge is 2.21. The first-order valence-corrected chi connectivity index (χ1v) is 7.64. The lowest BCUT2D eigenvalue weighted by Crippen LogP contribution is -2.15. The van der Waals surface area contributed by atoms with Gasteiger partial charge in [0.15, 0.2) is 0 Å². The van der Waals surface area contributed by atoms with Gasteiger partial charge in [0.2, 0.25) is 0 Å². The summed E-state index contributed by atoms with van der Waals surface area (Å²) in [6.07, 6.45) is 0. The van der Waals surface area contributed by atoms with Crippen molar-refractivity contribution in [2.75, 3.05) is 0 Å². The van der Waals surface area contributed by atoms with Gasteiger partial charge in [-0.1, -0.05) is 69.7 Å². The predicted octanol–water partition coefficient (Wildman–Crippen LogP) is 5.72. The Morgan fingerprint density at radius 1 is 1.00 bits per heavy atom. The van der Waals surface area contributed by atoms with Crippen molar-refractivity contribution < 1.29 is 4.74 Å². The van der Waals surface area contributed by atoms with E-state index in [-0.39, 0.29) is 5.41 Å². The molecule has 0 aliphatic rings. The number of benzene rings is 2. The average Bonchev–Trinajstić information content (AvgIpc) is 2.45. The number of ether oxygens (including phenoxy) is 1. The largest absolute Gasteiger partial charge is 0.489 e. The SMILES string of the molecule is Cc1ccc(COc2cccc(C(C)C(C)(C)C)c2)cc1. The molecule has 0 aliphatic heterocycles. The fourth-order valence-corrected chi connectivity index (χ4v) is 2.22. The lowest BCUT2D eigenvalue weighted by Gasteiger charge is -2.27. The highest BCUT2D eigenvalue weighted by Crippen LogP contribution is 2.35. The van der Waals surface area contributed by atoms with Gasteiger partial charge in [0.05, 0.1) is 0 Å². The van der Waals surface area contributed by atoms with E-state index in [1.54, 1.807) is 0 Å². The third-order valence-corrected chi connectivity index (χ3v) is 4.18. The van der Waals surface area contributed by atoms with Gasteiger partial charge >= 0.3 is 0 Å².